The van der Waals surface area contributed by atoms with Crippen LogP contribution in [0.4, 0.5) is 0 Å². The summed E-state index contributed by atoms with van der Waals surface area (Å²) in [5, 5.41) is 11.3. The van der Waals surface area contributed by atoms with Gasteiger partial charge in [-0.05, 0) is 55.8 Å². The minimum absolute atomic E-state index is 0.00153. The lowest BCUT2D eigenvalue weighted by atomic mass is 9.94. The molecule has 0 spiro atoms. The first-order chi connectivity index (χ1) is 17.5. The van der Waals surface area contributed by atoms with Crippen LogP contribution in [0.2, 0.25) is 0 Å². The molecular weight excluding hydrogens is 462 g/mol. The highest BCUT2D eigenvalue weighted by Crippen LogP contribution is 2.44. The molecule has 1 amide bonds. The highest BCUT2D eigenvalue weighted by molar-refractivity contribution is 6.46. The van der Waals surface area contributed by atoms with Crippen LogP contribution in [0.5, 0.6) is 17.2 Å². The maximum Gasteiger partial charge on any atom is 0.295 e. The third kappa shape index (κ3) is 4.91. The van der Waals surface area contributed by atoms with E-state index in [1.165, 1.54) is 19.1 Å². The molecule has 9 nitrogen and oxygen atoms in total. The molecule has 1 aliphatic rings. The first-order valence-corrected chi connectivity index (χ1v) is 11.7. The quantitative estimate of drug-likeness (QED) is 0.261. The second-order valence-electron chi connectivity index (χ2n) is 8.21. The summed E-state index contributed by atoms with van der Waals surface area (Å²) in [5.41, 5.74) is 0.950. The zero-order chi connectivity index (χ0) is 25.7. The number of nitrogens with zero attached hydrogens (tertiary/aromatic N) is 3. The number of hydrogen-bond donors (Lipinski definition) is 1. The van der Waals surface area contributed by atoms with Crippen LogP contribution in [0.15, 0.2) is 66.8 Å². The minimum Gasteiger partial charge on any atom is -0.507 e. The fraction of sp³-hybridized carbons (Fsp3) is 0.296. The van der Waals surface area contributed by atoms with E-state index in [9.17, 15) is 14.7 Å². The van der Waals surface area contributed by atoms with Crippen LogP contribution >= 0.6 is 0 Å². The van der Waals surface area contributed by atoms with Crippen molar-refractivity contribution in [3.8, 4) is 17.2 Å². The number of methoxy groups -OCH3 is 2. The molecular formula is C27H29N3O6. The number of likely N-dealkylation sites (tertiary alicyclic amines) is 1. The van der Waals surface area contributed by atoms with E-state index in [-0.39, 0.29) is 17.9 Å². The van der Waals surface area contributed by atoms with Crippen molar-refractivity contribution in [2.45, 2.75) is 25.9 Å². The largest absolute Gasteiger partial charge is 0.507 e. The van der Waals surface area contributed by atoms with Gasteiger partial charge in [-0.1, -0.05) is 0 Å². The summed E-state index contributed by atoms with van der Waals surface area (Å²) >= 11 is 0. The second-order valence-corrected chi connectivity index (χ2v) is 8.21. The molecule has 0 aliphatic carbocycles. The zero-order valence-corrected chi connectivity index (χ0v) is 20.5. The summed E-state index contributed by atoms with van der Waals surface area (Å²) in [4.78, 5) is 32.1. The number of aromatic nitrogens is 2. The molecule has 0 radical (unpaired) electrons. The predicted molar refractivity (Wildman–Crippen MR) is 133 cm³/mol. The zero-order valence-electron chi connectivity index (χ0n) is 20.5. The van der Waals surface area contributed by atoms with Crippen molar-refractivity contribution in [2.24, 2.45) is 0 Å². The van der Waals surface area contributed by atoms with Crippen molar-refractivity contribution in [3.05, 3.63) is 77.9 Å². The molecule has 1 saturated heterocycles. The molecule has 4 rings (SSSR count). The Morgan fingerprint density at radius 3 is 2.42 bits per heavy atom. The van der Waals surface area contributed by atoms with Gasteiger partial charge in [0.15, 0.2) is 0 Å². The highest BCUT2D eigenvalue weighted by Gasteiger charge is 2.47. The molecule has 1 fully saturated rings. The molecule has 3 aromatic rings. The molecule has 0 saturated carbocycles. The molecule has 1 atom stereocenters. The summed E-state index contributed by atoms with van der Waals surface area (Å²) in [6.07, 6.45) is 5.80. The van der Waals surface area contributed by atoms with E-state index in [0.717, 1.165) is 0 Å². The first-order valence-electron chi connectivity index (χ1n) is 11.7. The lowest BCUT2D eigenvalue weighted by molar-refractivity contribution is -0.140. The number of imidazole rings is 1. The number of aryl methyl sites for hydroxylation is 1. The third-order valence-corrected chi connectivity index (χ3v) is 6.08. The maximum atomic E-state index is 13.3. The molecule has 1 N–H and O–H groups in total. The van der Waals surface area contributed by atoms with Crippen LogP contribution in [0.25, 0.3) is 5.76 Å². The van der Waals surface area contributed by atoms with Gasteiger partial charge in [-0.2, -0.15) is 0 Å². The van der Waals surface area contributed by atoms with E-state index < -0.39 is 17.7 Å². The van der Waals surface area contributed by atoms with Crippen molar-refractivity contribution in [1.29, 1.82) is 0 Å². The number of aliphatic hydroxyl groups is 1. The van der Waals surface area contributed by atoms with Crippen molar-refractivity contribution in [3.63, 3.8) is 0 Å². The molecule has 188 valence electrons. The molecule has 9 heteroatoms. The van der Waals surface area contributed by atoms with Gasteiger partial charge in [0.05, 0.1) is 38.8 Å². The van der Waals surface area contributed by atoms with E-state index in [2.05, 4.69) is 4.98 Å². The lowest BCUT2D eigenvalue weighted by Gasteiger charge is -2.27. The van der Waals surface area contributed by atoms with Crippen molar-refractivity contribution in [1.82, 2.24) is 14.5 Å². The molecule has 2 aromatic carbocycles. The Morgan fingerprint density at radius 1 is 1.03 bits per heavy atom. The Balaban J connectivity index is 1.79. The summed E-state index contributed by atoms with van der Waals surface area (Å²) in [6.45, 7) is 3.28. The second kappa shape index (κ2) is 11.0. The molecule has 1 unspecified atom stereocenters. The average molecular weight is 492 g/mol. The number of amides is 1. The summed E-state index contributed by atoms with van der Waals surface area (Å²) < 4.78 is 18.4. The van der Waals surface area contributed by atoms with Gasteiger partial charge in [-0.25, -0.2) is 4.98 Å². The number of rotatable bonds is 10. The van der Waals surface area contributed by atoms with Crippen LogP contribution < -0.4 is 14.2 Å². The first kappa shape index (κ1) is 24.8. The lowest BCUT2D eigenvalue weighted by Crippen LogP contribution is -2.31. The summed E-state index contributed by atoms with van der Waals surface area (Å²) in [7, 11) is 3.05. The molecule has 0 bridgehead atoms. The smallest absolute Gasteiger partial charge is 0.295 e. The monoisotopic (exact) mass is 491 g/mol. The van der Waals surface area contributed by atoms with E-state index in [4.69, 9.17) is 14.2 Å². The van der Waals surface area contributed by atoms with Gasteiger partial charge in [-0.15, -0.1) is 0 Å². The molecule has 1 aliphatic heterocycles. The predicted octanol–water partition coefficient (Wildman–Crippen LogP) is 3.81. The van der Waals surface area contributed by atoms with Gasteiger partial charge in [0.2, 0.25) is 0 Å². The van der Waals surface area contributed by atoms with Gasteiger partial charge < -0.3 is 28.8 Å². The van der Waals surface area contributed by atoms with Gasteiger partial charge >= 0.3 is 0 Å². The Morgan fingerprint density at radius 2 is 1.78 bits per heavy atom. The van der Waals surface area contributed by atoms with Gasteiger partial charge in [0.25, 0.3) is 11.7 Å². The van der Waals surface area contributed by atoms with Crippen LogP contribution in [-0.4, -0.2) is 58.6 Å². The summed E-state index contributed by atoms with van der Waals surface area (Å²) in [5.74, 6) is -0.0407. The van der Waals surface area contributed by atoms with E-state index in [1.807, 2.05) is 17.7 Å². The number of Topliss-reactive ketones (excluding diaryl/α,β-unsaturated/α-hetero) is 1. The van der Waals surface area contributed by atoms with E-state index >= 15 is 0 Å². The average Bonchev–Trinajstić information content (AvgIpc) is 3.51. The molecule has 1 aromatic heterocycles. The van der Waals surface area contributed by atoms with Crippen molar-refractivity contribution >= 4 is 17.4 Å². The number of ether oxygens (including phenoxy) is 3. The Labute approximate surface area is 209 Å². The maximum absolute atomic E-state index is 13.3. The fourth-order valence-corrected chi connectivity index (χ4v) is 4.36. The van der Waals surface area contributed by atoms with Gasteiger partial charge in [0, 0.05) is 36.6 Å². The topological polar surface area (TPSA) is 103 Å². The molecule has 36 heavy (non-hydrogen) atoms. The van der Waals surface area contributed by atoms with E-state index in [1.54, 1.807) is 55.0 Å². The Kier molecular flexibility index (Phi) is 7.58. The normalized spacial score (nSPS) is 16.9. The number of carbonyl (C=O) groups is 2. The number of benzene rings is 2. The van der Waals surface area contributed by atoms with Crippen LogP contribution in [0.3, 0.4) is 0 Å². The number of aliphatic hydroxyl groups excluding tert-OH is 1. The Bertz CT molecular complexity index is 1250. The number of hydrogen-bond acceptors (Lipinski definition) is 7. The Hall–Kier alpha value is -4.27. The summed E-state index contributed by atoms with van der Waals surface area (Å²) in [6, 6.07) is 11.1. The van der Waals surface area contributed by atoms with Crippen LogP contribution in [-0.2, 0) is 16.1 Å². The minimum atomic E-state index is -0.857. The number of carbonyl (C=O) groups excluding carboxylic acids is 2. The number of ketones is 1. The molecule has 2 heterocycles. The van der Waals surface area contributed by atoms with Gasteiger partial charge in [0.1, 0.15) is 23.0 Å². The van der Waals surface area contributed by atoms with Crippen LogP contribution in [0, 0.1) is 0 Å². The van der Waals surface area contributed by atoms with Gasteiger partial charge in [-0.3, -0.25) is 9.59 Å². The highest BCUT2D eigenvalue weighted by atomic mass is 16.5. The standard InChI is InChI=1S/C27H29N3O6/c1-4-36-19-8-6-18(7-9-19)25(31)23-24(21-16-20(34-2)10-11-22(21)35-3)30(27(33)26(23)32)14-5-13-29-15-12-28-17-29/h6-12,15-17,24,31H,4-5,13-14H2,1-3H3. The van der Waals surface area contributed by atoms with Crippen molar-refractivity contribution < 1.29 is 28.9 Å². The third-order valence-electron chi connectivity index (χ3n) is 6.08. The SMILES string of the molecule is CCOc1ccc(C(O)=C2C(=O)C(=O)N(CCCn3ccnc3)C2c2cc(OC)ccc2OC)cc1. The fourth-order valence-electron chi connectivity index (χ4n) is 4.36. The van der Waals surface area contributed by atoms with Crippen molar-refractivity contribution in [2.75, 3.05) is 27.4 Å². The van der Waals surface area contributed by atoms with E-state index in [0.29, 0.717) is 47.9 Å². The van der Waals surface area contributed by atoms with Crippen LogP contribution in [0.1, 0.15) is 30.5 Å².